The van der Waals surface area contributed by atoms with Gasteiger partial charge >= 0.3 is 6.03 Å². The zero-order valence-corrected chi connectivity index (χ0v) is 13.1. The normalized spacial score (nSPS) is 14.9. The summed E-state index contributed by atoms with van der Waals surface area (Å²) in [4.78, 5) is 23.9. The van der Waals surface area contributed by atoms with E-state index < -0.39 is 17.4 Å². The van der Waals surface area contributed by atoms with Crippen LogP contribution in [0.5, 0.6) is 5.75 Å². The van der Waals surface area contributed by atoms with Crippen LogP contribution in [0, 0.1) is 5.82 Å². The Kier molecular flexibility index (Phi) is 3.84. The maximum Gasteiger partial charge on any atom is 0.323 e. The minimum atomic E-state index is -0.948. The van der Waals surface area contributed by atoms with E-state index in [1.807, 2.05) is 0 Å². The number of fused-ring (bicyclic) bond motifs is 1. The molecule has 6 nitrogen and oxygen atoms in total. The molecule has 0 saturated heterocycles. The van der Waals surface area contributed by atoms with Gasteiger partial charge in [0.05, 0.1) is 5.69 Å². The van der Waals surface area contributed by atoms with Crippen LogP contribution in [0.2, 0.25) is 0 Å². The number of hydrogen-bond donors (Lipinski definition) is 3. The van der Waals surface area contributed by atoms with Gasteiger partial charge in [-0.25, -0.2) is 9.18 Å². The van der Waals surface area contributed by atoms with Crippen molar-refractivity contribution in [1.82, 2.24) is 0 Å². The highest BCUT2D eigenvalue weighted by Crippen LogP contribution is 2.35. The Labute approximate surface area is 138 Å². The molecular formula is C17H16FN3O3. The summed E-state index contributed by atoms with van der Waals surface area (Å²) in [7, 11) is 0. The summed E-state index contributed by atoms with van der Waals surface area (Å²) in [5.74, 6) is -0.184. The molecule has 0 saturated carbocycles. The van der Waals surface area contributed by atoms with Crippen LogP contribution in [0.1, 0.15) is 13.8 Å². The Balaban J connectivity index is 1.71. The van der Waals surface area contributed by atoms with E-state index in [2.05, 4.69) is 16.0 Å². The molecule has 0 fully saturated rings. The van der Waals surface area contributed by atoms with Gasteiger partial charge in [0.15, 0.2) is 5.60 Å². The predicted octanol–water partition coefficient (Wildman–Crippen LogP) is 3.58. The highest BCUT2D eigenvalue weighted by molar-refractivity contribution is 6.03. The maximum absolute atomic E-state index is 13.1. The van der Waals surface area contributed by atoms with Gasteiger partial charge in [0, 0.05) is 11.4 Å². The molecule has 3 N–H and O–H groups in total. The van der Waals surface area contributed by atoms with Gasteiger partial charge in [0.2, 0.25) is 0 Å². The van der Waals surface area contributed by atoms with Gasteiger partial charge in [0.1, 0.15) is 11.6 Å². The van der Waals surface area contributed by atoms with Crippen LogP contribution in [0.4, 0.5) is 26.2 Å². The fraction of sp³-hybridized carbons (Fsp3) is 0.176. The van der Waals surface area contributed by atoms with Crippen molar-refractivity contribution in [3.63, 3.8) is 0 Å². The number of nitrogens with one attached hydrogen (secondary N) is 3. The number of halogens is 1. The van der Waals surface area contributed by atoms with E-state index in [4.69, 9.17) is 4.74 Å². The minimum absolute atomic E-state index is 0.267. The van der Waals surface area contributed by atoms with Crippen molar-refractivity contribution < 1.29 is 18.7 Å². The average Bonchev–Trinajstić information content (AvgIpc) is 2.48. The summed E-state index contributed by atoms with van der Waals surface area (Å²) in [6, 6.07) is 9.95. The second kappa shape index (κ2) is 5.84. The first-order valence-electron chi connectivity index (χ1n) is 7.31. The zero-order chi connectivity index (χ0) is 17.3. The van der Waals surface area contributed by atoms with Crippen molar-refractivity contribution in [2.75, 3.05) is 16.0 Å². The van der Waals surface area contributed by atoms with Gasteiger partial charge in [-0.2, -0.15) is 0 Å². The number of hydrogen-bond acceptors (Lipinski definition) is 3. The van der Waals surface area contributed by atoms with Crippen LogP contribution in [-0.4, -0.2) is 17.5 Å². The lowest BCUT2D eigenvalue weighted by molar-refractivity contribution is -0.129. The zero-order valence-electron chi connectivity index (χ0n) is 13.1. The first-order valence-corrected chi connectivity index (χ1v) is 7.31. The molecule has 7 heteroatoms. The molecule has 0 aliphatic carbocycles. The molecular weight excluding hydrogens is 313 g/mol. The molecule has 2 aromatic carbocycles. The topological polar surface area (TPSA) is 79.5 Å². The molecule has 0 unspecified atom stereocenters. The van der Waals surface area contributed by atoms with E-state index in [0.29, 0.717) is 22.8 Å². The highest BCUT2D eigenvalue weighted by atomic mass is 19.1. The Bertz CT molecular complexity index is 820. The van der Waals surface area contributed by atoms with E-state index in [0.717, 1.165) is 0 Å². The van der Waals surface area contributed by atoms with E-state index in [1.165, 1.54) is 18.2 Å². The van der Waals surface area contributed by atoms with Gasteiger partial charge in [-0.05, 0) is 50.2 Å². The SMILES string of the molecule is CC1(C)Oc2ccc(NC(=O)Nc3cccc(F)c3)cc2NC1=O. The molecule has 1 aliphatic heterocycles. The quantitative estimate of drug-likeness (QED) is 0.788. The van der Waals surface area contributed by atoms with Crippen molar-refractivity contribution >= 4 is 29.0 Å². The summed E-state index contributed by atoms with van der Waals surface area (Å²) in [6.45, 7) is 3.34. The molecule has 0 aromatic heterocycles. The first kappa shape index (κ1) is 15.8. The molecule has 3 amide bonds. The average molecular weight is 329 g/mol. The Morgan fingerprint density at radius 3 is 2.54 bits per heavy atom. The van der Waals surface area contributed by atoms with E-state index in [1.54, 1.807) is 38.1 Å². The Morgan fingerprint density at radius 1 is 1.12 bits per heavy atom. The van der Waals surface area contributed by atoms with Crippen molar-refractivity contribution in [3.05, 3.63) is 48.3 Å². The summed E-state index contributed by atoms with van der Waals surface area (Å²) in [5.41, 5.74) is 0.328. The number of amides is 3. The van der Waals surface area contributed by atoms with E-state index >= 15 is 0 Å². The largest absolute Gasteiger partial charge is 0.476 e. The monoisotopic (exact) mass is 329 g/mol. The van der Waals surface area contributed by atoms with Gasteiger partial charge in [-0.3, -0.25) is 4.79 Å². The smallest absolute Gasteiger partial charge is 0.323 e. The summed E-state index contributed by atoms with van der Waals surface area (Å²) in [6.07, 6.45) is 0. The number of rotatable bonds is 2. The molecule has 3 rings (SSSR count). The van der Waals surface area contributed by atoms with Crippen LogP contribution in [0.15, 0.2) is 42.5 Å². The predicted molar refractivity (Wildman–Crippen MR) is 88.8 cm³/mol. The number of benzene rings is 2. The number of urea groups is 1. The molecule has 0 radical (unpaired) electrons. The standard InChI is InChI=1S/C17H16FN3O3/c1-17(2)15(22)21-13-9-12(6-7-14(13)24-17)20-16(23)19-11-5-3-4-10(18)8-11/h3-9H,1-2H3,(H,21,22)(H2,19,20,23). The van der Waals surface area contributed by atoms with Crippen LogP contribution in [0.3, 0.4) is 0 Å². The summed E-state index contributed by atoms with van der Waals surface area (Å²) >= 11 is 0. The first-order chi connectivity index (χ1) is 11.3. The van der Waals surface area contributed by atoms with Crippen LogP contribution in [0.25, 0.3) is 0 Å². The van der Waals surface area contributed by atoms with Gasteiger partial charge < -0.3 is 20.7 Å². The number of anilines is 3. The fourth-order valence-corrected chi connectivity index (χ4v) is 2.25. The van der Waals surface area contributed by atoms with Gasteiger partial charge in [0.25, 0.3) is 5.91 Å². The molecule has 0 bridgehead atoms. The van der Waals surface area contributed by atoms with Gasteiger partial charge in [-0.1, -0.05) is 6.07 Å². The fourth-order valence-electron chi connectivity index (χ4n) is 2.25. The lowest BCUT2D eigenvalue weighted by Crippen LogP contribution is -2.45. The third-order valence-electron chi connectivity index (χ3n) is 3.48. The van der Waals surface area contributed by atoms with Gasteiger partial charge in [-0.15, -0.1) is 0 Å². The molecule has 1 heterocycles. The third kappa shape index (κ3) is 3.29. The summed E-state index contributed by atoms with van der Waals surface area (Å²) < 4.78 is 18.7. The Morgan fingerprint density at radius 2 is 1.83 bits per heavy atom. The third-order valence-corrected chi connectivity index (χ3v) is 3.48. The van der Waals surface area contributed by atoms with Crippen molar-refractivity contribution in [3.8, 4) is 5.75 Å². The van der Waals surface area contributed by atoms with E-state index in [-0.39, 0.29) is 5.91 Å². The number of carbonyl (C=O) groups excluding carboxylic acids is 2. The highest BCUT2D eigenvalue weighted by Gasteiger charge is 2.35. The number of carbonyl (C=O) groups is 2. The van der Waals surface area contributed by atoms with Crippen LogP contribution in [-0.2, 0) is 4.79 Å². The van der Waals surface area contributed by atoms with Crippen LogP contribution < -0.4 is 20.7 Å². The van der Waals surface area contributed by atoms with Crippen molar-refractivity contribution in [1.29, 1.82) is 0 Å². The second-order valence-electron chi connectivity index (χ2n) is 5.87. The molecule has 24 heavy (non-hydrogen) atoms. The summed E-state index contributed by atoms with van der Waals surface area (Å²) in [5, 5.41) is 7.88. The van der Waals surface area contributed by atoms with E-state index in [9.17, 15) is 14.0 Å². The van der Waals surface area contributed by atoms with Crippen molar-refractivity contribution in [2.24, 2.45) is 0 Å². The lowest BCUT2D eigenvalue weighted by atomic mass is 10.1. The lowest BCUT2D eigenvalue weighted by Gasteiger charge is -2.31. The number of ether oxygens (including phenoxy) is 1. The molecule has 124 valence electrons. The second-order valence-corrected chi connectivity index (χ2v) is 5.87. The maximum atomic E-state index is 13.1. The minimum Gasteiger partial charge on any atom is -0.476 e. The molecule has 0 spiro atoms. The Hall–Kier alpha value is -3.09. The molecule has 2 aromatic rings. The molecule has 0 atom stereocenters. The van der Waals surface area contributed by atoms with Crippen molar-refractivity contribution in [2.45, 2.75) is 19.4 Å². The molecule has 1 aliphatic rings. The van der Waals surface area contributed by atoms with Crippen LogP contribution >= 0.6 is 0 Å².